The van der Waals surface area contributed by atoms with Crippen LogP contribution in [0.25, 0.3) is 22.3 Å². The van der Waals surface area contributed by atoms with Gasteiger partial charge in [0.1, 0.15) is 11.6 Å². The second kappa shape index (κ2) is 8.08. The van der Waals surface area contributed by atoms with Crippen LogP contribution in [0.15, 0.2) is 41.2 Å². The summed E-state index contributed by atoms with van der Waals surface area (Å²) in [5.74, 6) is -1.59. The van der Waals surface area contributed by atoms with Gasteiger partial charge in [0.15, 0.2) is 11.6 Å². The Balaban J connectivity index is 2.00. The van der Waals surface area contributed by atoms with Crippen molar-refractivity contribution in [1.29, 1.82) is 0 Å². The maximum Gasteiger partial charge on any atom is 0.259 e. The van der Waals surface area contributed by atoms with Crippen LogP contribution in [0.5, 0.6) is 5.75 Å². The first kappa shape index (κ1) is 18.0. The van der Waals surface area contributed by atoms with E-state index < -0.39 is 11.6 Å². The summed E-state index contributed by atoms with van der Waals surface area (Å²) in [5, 5.41) is 0.412. The predicted octanol–water partition coefficient (Wildman–Crippen LogP) is 4.83. The number of halogens is 2. The number of benzene rings is 2. The summed E-state index contributed by atoms with van der Waals surface area (Å²) in [7, 11) is 0. The summed E-state index contributed by atoms with van der Waals surface area (Å²) in [6.45, 7) is 2.41. The van der Waals surface area contributed by atoms with Gasteiger partial charge in [0.25, 0.3) is 5.56 Å². The Morgan fingerprint density at radius 3 is 2.73 bits per heavy atom. The van der Waals surface area contributed by atoms with E-state index in [-0.39, 0.29) is 22.7 Å². The number of aromatic amines is 1. The molecule has 1 N–H and O–H groups in total. The first-order valence-electron chi connectivity index (χ1n) is 8.71. The van der Waals surface area contributed by atoms with Gasteiger partial charge in [-0.1, -0.05) is 38.3 Å². The molecule has 0 aliphatic carbocycles. The Labute approximate surface area is 149 Å². The number of H-pyrrole nitrogens is 1. The summed E-state index contributed by atoms with van der Waals surface area (Å²) in [4.78, 5) is 19.2. The van der Waals surface area contributed by atoms with Crippen LogP contribution in [0.1, 0.15) is 32.6 Å². The largest absolute Gasteiger partial charge is 0.490 e. The molecule has 3 aromatic rings. The highest BCUT2D eigenvalue weighted by atomic mass is 19.1. The van der Waals surface area contributed by atoms with E-state index in [0.717, 1.165) is 37.8 Å². The van der Waals surface area contributed by atoms with Gasteiger partial charge in [0.05, 0.1) is 23.1 Å². The molecule has 0 fully saturated rings. The molecule has 3 rings (SSSR count). The third kappa shape index (κ3) is 3.90. The second-order valence-electron chi connectivity index (χ2n) is 6.11. The lowest BCUT2D eigenvalue weighted by molar-refractivity contribution is 0.291. The van der Waals surface area contributed by atoms with Crippen molar-refractivity contribution in [3.8, 4) is 17.1 Å². The molecule has 1 aromatic heterocycles. The van der Waals surface area contributed by atoms with Crippen molar-refractivity contribution < 1.29 is 13.5 Å². The van der Waals surface area contributed by atoms with E-state index in [1.165, 1.54) is 0 Å². The third-order valence-electron chi connectivity index (χ3n) is 4.12. The monoisotopic (exact) mass is 358 g/mol. The molecule has 0 bridgehead atoms. The molecular formula is C20H20F2N2O2. The van der Waals surface area contributed by atoms with Crippen LogP contribution in [-0.4, -0.2) is 16.6 Å². The van der Waals surface area contributed by atoms with E-state index in [1.807, 2.05) is 0 Å². The highest BCUT2D eigenvalue weighted by Crippen LogP contribution is 2.32. The van der Waals surface area contributed by atoms with E-state index in [4.69, 9.17) is 4.74 Å². The lowest BCUT2D eigenvalue weighted by atomic mass is 10.1. The fraction of sp³-hybridized carbons (Fsp3) is 0.300. The minimum atomic E-state index is -0.814. The van der Waals surface area contributed by atoms with Gasteiger partial charge >= 0.3 is 0 Å². The second-order valence-corrected chi connectivity index (χ2v) is 6.11. The minimum Gasteiger partial charge on any atom is -0.490 e. The fourth-order valence-corrected chi connectivity index (χ4v) is 2.80. The third-order valence-corrected chi connectivity index (χ3v) is 4.12. The molecule has 0 unspecified atom stereocenters. The van der Waals surface area contributed by atoms with Gasteiger partial charge in [0, 0.05) is 6.07 Å². The highest BCUT2D eigenvalue weighted by molar-refractivity contribution is 5.80. The Bertz CT molecular complexity index is 970. The molecule has 0 amide bonds. The van der Waals surface area contributed by atoms with Crippen LogP contribution in [0.2, 0.25) is 0 Å². The van der Waals surface area contributed by atoms with E-state index in [9.17, 15) is 13.6 Å². The number of aromatic nitrogens is 2. The van der Waals surface area contributed by atoms with Crippen LogP contribution >= 0.6 is 0 Å². The molecule has 0 radical (unpaired) electrons. The lowest BCUT2D eigenvalue weighted by Gasteiger charge is -2.13. The Hall–Kier alpha value is -2.76. The molecule has 0 aliphatic heterocycles. The number of hydrogen-bond acceptors (Lipinski definition) is 3. The molecule has 136 valence electrons. The summed E-state index contributed by atoms with van der Waals surface area (Å²) in [5.41, 5.74) is 0.176. The zero-order chi connectivity index (χ0) is 18.5. The first-order valence-corrected chi connectivity index (χ1v) is 8.71. The van der Waals surface area contributed by atoms with Crippen molar-refractivity contribution in [2.24, 2.45) is 0 Å². The van der Waals surface area contributed by atoms with Gasteiger partial charge in [-0.3, -0.25) is 4.79 Å². The molecular weight excluding hydrogens is 338 g/mol. The van der Waals surface area contributed by atoms with Crippen LogP contribution in [0.3, 0.4) is 0 Å². The first-order chi connectivity index (χ1) is 12.6. The molecule has 0 saturated carbocycles. The quantitative estimate of drug-likeness (QED) is 0.616. The Kier molecular flexibility index (Phi) is 5.61. The van der Waals surface area contributed by atoms with Crippen LogP contribution in [-0.2, 0) is 0 Å². The molecule has 6 heteroatoms. The number of para-hydroxylation sites is 1. The van der Waals surface area contributed by atoms with Gasteiger partial charge in [-0.05, 0) is 24.6 Å². The highest BCUT2D eigenvalue weighted by Gasteiger charge is 2.17. The van der Waals surface area contributed by atoms with Crippen molar-refractivity contribution >= 4 is 10.9 Å². The number of ether oxygens (including phenoxy) is 1. The average Bonchev–Trinajstić information content (AvgIpc) is 2.62. The minimum absolute atomic E-state index is 0.0793. The van der Waals surface area contributed by atoms with E-state index in [2.05, 4.69) is 16.9 Å². The fourth-order valence-electron chi connectivity index (χ4n) is 2.80. The molecule has 0 atom stereocenters. The number of unbranched alkanes of at least 4 members (excludes halogenated alkanes) is 3. The standard InChI is InChI=1S/C20H20F2N2O2/c1-2-3-4-7-10-26-18-15(11-13(21)12-16(18)22)19-23-17-9-6-5-8-14(17)20(25)24-19/h5-6,8-9,11-12H,2-4,7,10H2,1H3,(H,23,24,25). The predicted molar refractivity (Wildman–Crippen MR) is 97.4 cm³/mol. The van der Waals surface area contributed by atoms with E-state index in [1.54, 1.807) is 24.3 Å². The van der Waals surface area contributed by atoms with Crippen molar-refractivity contribution in [1.82, 2.24) is 9.97 Å². The van der Waals surface area contributed by atoms with Crippen LogP contribution < -0.4 is 10.3 Å². The summed E-state index contributed by atoms with van der Waals surface area (Å²) >= 11 is 0. The number of fused-ring (bicyclic) bond motifs is 1. The summed E-state index contributed by atoms with van der Waals surface area (Å²) < 4.78 is 33.7. The topological polar surface area (TPSA) is 55.0 Å². The van der Waals surface area contributed by atoms with Gasteiger partial charge in [0.2, 0.25) is 0 Å². The molecule has 26 heavy (non-hydrogen) atoms. The Morgan fingerprint density at radius 1 is 1.12 bits per heavy atom. The maximum atomic E-state index is 14.3. The SMILES string of the molecule is CCCCCCOc1c(F)cc(F)cc1-c1nc2ccccc2c(=O)[nH]1. The lowest BCUT2D eigenvalue weighted by Crippen LogP contribution is -2.11. The maximum absolute atomic E-state index is 14.3. The van der Waals surface area contributed by atoms with Gasteiger partial charge in [-0.2, -0.15) is 0 Å². The van der Waals surface area contributed by atoms with Crippen LogP contribution in [0.4, 0.5) is 8.78 Å². The number of nitrogens with one attached hydrogen (secondary N) is 1. The van der Waals surface area contributed by atoms with Gasteiger partial charge in [-0.15, -0.1) is 0 Å². The molecule has 0 aliphatic rings. The van der Waals surface area contributed by atoms with Gasteiger partial charge in [-0.25, -0.2) is 13.8 Å². The number of hydrogen-bond donors (Lipinski definition) is 1. The van der Waals surface area contributed by atoms with E-state index >= 15 is 0 Å². The van der Waals surface area contributed by atoms with Crippen LogP contribution in [0, 0.1) is 11.6 Å². The van der Waals surface area contributed by atoms with Crippen molar-refractivity contribution in [2.45, 2.75) is 32.6 Å². The zero-order valence-electron chi connectivity index (χ0n) is 14.5. The molecule has 0 saturated heterocycles. The molecule has 2 aromatic carbocycles. The smallest absolute Gasteiger partial charge is 0.259 e. The summed E-state index contributed by atoms with van der Waals surface area (Å²) in [6, 6.07) is 8.68. The number of rotatable bonds is 7. The van der Waals surface area contributed by atoms with Crippen molar-refractivity contribution in [2.75, 3.05) is 6.61 Å². The molecule has 1 heterocycles. The van der Waals surface area contributed by atoms with Crippen molar-refractivity contribution in [3.63, 3.8) is 0 Å². The van der Waals surface area contributed by atoms with Crippen molar-refractivity contribution in [3.05, 3.63) is 58.4 Å². The van der Waals surface area contributed by atoms with E-state index in [0.29, 0.717) is 17.5 Å². The molecule has 4 nitrogen and oxygen atoms in total. The Morgan fingerprint density at radius 2 is 1.92 bits per heavy atom. The summed E-state index contributed by atoms with van der Waals surface area (Å²) in [6.07, 6.45) is 3.89. The zero-order valence-corrected chi connectivity index (χ0v) is 14.5. The number of nitrogens with zero attached hydrogens (tertiary/aromatic N) is 1. The average molecular weight is 358 g/mol. The van der Waals surface area contributed by atoms with Gasteiger partial charge < -0.3 is 9.72 Å². The molecule has 0 spiro atoms. The normalized spacial score (nSPS) is 11.0.